The van der Waals surface area contributed by atoms with Gasteiger partial charge in [-0.05, 0) is 12.1 Å². The molecule has 0 aliphatic heterocycles. The SMILES string of the molecule is O=Cc1[nH]c2ncccc2c1Cl. The van der Waals surface area contributed by atoms with Gasteiger partial charge in [0.15, 0.2) is 6.29 Å². The van der Waals surface area contributed by atoms with Gasteiger partial charge in [0.05, 0.1) is 10.7 Å². The number of carbonyl (C=O) groups excluding carboxylic acids is 1. The van der Waals surface area contributed by atoms with Crippen LogP contribution in [0.3, 0.4) is 0 Å². The number of carbonyl (C=O) groups is 1. The van der Waals surface area contributed by atoms with Crippen LogP contribution < -0.4 is 0 Å². The number of rotatable bonds is 1. The predicted octanol–water partition coefficient (Wildman–Crippen LogP) is 2.03. The summed E-state index contributed by atoms with van der Waals surface area (Å²) in [6.07, 6.45) is 2.33. The zero-order chi connectivity index (χ0) is 8.55. The number of nitrogens with one attached hydrogen (secondary N) is 1. The molecule has 0 aromatic carbocycles. The molecule has 60 valence electrons. The molecule has 0 spiro atoms. The van der Waals surface area contributed by atoms with Crippen molar-refractivity contribution in [3.63, 3.8) is 0 Å². The largest absolute Gasteiger partial charge is 0.336 e. The maximum atomic E-state index is 10.5. The Morgan fingerprint density at radius 3 is 3.08 bits per heavy atom. The van der Waals surface area contributed by atoms with Crippen molar-refractivity contribution in [1.29, 1.82) is 0 Å². The van der Waals surface area contributed by atoms with Crippen LogP contribution in [0, 0.1) is 0 Å². The molecule has 2 aromatic rings. The number of hydrogen-bond donors (Lipinski definition) is 1. The van der Waals surface area contributed by atoms with Crippen LogP contribution in [0.5, 0.6) is 0 Å². The van der Waals surface area contributed by atoms with Crippen molar-refractivity contribution in [2.45, 2.75) is 0 Å². The van der Waals surface area contributed by atoms with E-state index in [2.05, 4.69) is 9.97 Å². The monoisotopic (exact) mass is 180 g/mol. The van der Waals surface area contributed by atoms with Crippen LogP contribution in [-0.4, -0.2) is 16.3 Å². The third kappa shape index (κ3) is 0.905. The van der Waals surface area contributed by atoms with Crippen LogP contribution in [0.2, 0.25) is 5.02 Å². The zero-order valence-corrected chi connectivity index (χ0v) is 6.80. The van der Waals surface area contributed by atoms with Gasteiger partial charge < -0.3 is 4.98 Å². The van der Waals surface area contributed by atoms with E-state index in [0.29, 0.717) is 22.6 Å². The summed E-state index contributed by atoms with van der Waals surface area (Å²) in [7, 11) is 0. The van der Waals surface area contributed by atoms with E-state index in [1.54, 1.807) is 12.3 Å². The summed E-state index contributed by atoms with van der Waals surface area (Å²) in [5.74, 6) is 0. The number of nitrogens with zero attached hydrogens (tertiary/aromatic N) is 1. The van der Waals surface area contributed by atoms with Gasteiger partial charge in [0, 0.05) is 11.6 Å². The maximum Gasteiger partial charge on any atom is 0.167 e. The summed E-state index contributed by atoms with van der Waals surface area (Å²) in [6, 6.07) is 3.59. The van der Waals surface area contributed by atoms with E-state index in [4.69, 9.17) is 11.6 Å². The van der Waals surface area contributed by atoms with Crippen LogP contribution in [0.25, 0.3) is 11.0 Å². The number of aromatic amines is 1. The van der Waals surface area contributed by atoms with E-state index in [0.717, 1.165) is 5.39 Å². The smallest absolute Gasteiger partial charge is 0.167 e. The second-order valence-electron chi connectivity index (χ2n) is 2.37. The van der Waals surface area contributed by atoms with Crippen molar-refractivity contribution in [3.8, 4) is 0 Å². The van der Waals surface area contributed by atoms with Crippen LogP contribution in [0.1, 0.15) is 10.5 Å². The topological polar surface area (TPSA) is 45.8 Å². The van der Waals surface area contributed by atoms with E-state index in [1.807, 2.05) is 6.07 Å². The number of aromatic nitrogens is 2. The predicted molar refractivity (Wildman–Crippen MR) is 46.5 cm³/mol. The number of hydrogen-bond acceptors (Lipinski definition) is 2. The molecule has 0 aliphatic carbocycles. The maximum absolute atomic E-state index is 10.5. The summed E-state index contributed by atoms with van der Waals surface area (Å²) in [5.41, 5.74) is 1.02. The molecule has 3 nitrogen and oxygen atoms in total. The summed E-state index contributed by atoms with van der Waals surface area (Å²) in [6.45, 7) is 0. The van der Waals surface area contributed by atoms with E-state index in [9.17, 15) is 4.79 Å². The Bertz CT molecular complexity index is 436. The lowest BCUT2D eigenvalue weighted by molar-refractivity contribution is 0.112. The number of fused-ring (bicyclic) bond motifs is 1. The highest BCUT2D eigenvalue weighted by Gasteiger charge is 2.07. The molecule has 2 rings (SSSR count). The summed E-state index contributed by atoms with van der Waals surface area (Å²) >= 11 is 5.85. The highest BCUT2D eigenvalue weighted by atomic mass is 35.5. The van der Waals surface area contributed by atoms with Crippen molar-refractivity contribution >= 4 is 28.9 Å². The fourth-order valence-corrected chi connectivity index (χ4v) is 1.34. The average molecular weight is 181 g/mol. The standard InChI is InChI=1S/C8H5ClN2O/c9-7-5-2-1-3-10-8(5)11-6(7)4-12/h1-4H,(H,10,11). The quantitative estimate of drug-likeness (QED) is 0.683. The third-order valence-corrected chi connectivity index (χ3v) is 2.06. The first kappa shape index (κ1) is 7.31. The van der Waals surface area contributed by atoms with Gasteiger partial charge in [-0.2, -0.15) is 0 Å². The summed E-state index contributed by atoms with van der Waals surface area (Å²) in [4.78, 5) is 17.3. The number of H-pyrrole nitrogens is 1. The van der Waals surface area contributed by atoms with Gasteiger partial charge in [-0.15, -0.1) is 0 Å². The molecule has 0 unspecified atom stereocenters. The Balaban J connectivity index is 2.87. The molecular formula is C8H5ClN2O. The van der Waals surface area contributed by atoms with Gasteiger partial charge in [-0.1, -0.05) is 11.6 Å². The second kappa shape index (κ2) is 2.60. The molecule has 0 bridgehead atoms. The van der Waals surface area contributed by atoms with Crippen LogP contribution in [0.4, 0.5) is 0 Å². The number of pyridine rings is 1. The Morgan fingerprint density at radius 2 is 2.42 bits per heavy atom. The highest BCUT2D eigenvalue weighted by molar-refractivity contribution is 6.37. The number of halogens is 1. The van der Waals surface area contributed by atoms with Crippen molar-refractivity contribution < 1.29 is 4.79 Å². The van der Waals surface area contributed by atoms with E-state index < -0.39 is 0 Å². The zero-order valence-electron chi connectivity index (χ0n) is 6.04. The molecule has 2 aromatic heterocycles. The number of aldehydes is 1. The molecule has 0 saturated heterocycles. The Hall–Kier alpha value is -1.35. The minimum absolute atomic E-state index is 0.380. The molecular weight excluding hydrogens is 176 g/mol. The van der Waals surface area contributed by atoms with Crippen molar-refractivity contribution in [1.82, 2.24) is 9.97 Å². The van der Waals surface area contributed by atoms with Crippen molar-refractivity contribution in [2.24, 2.45) is 0 Å². The van der Waals surface area contributed by atoms with Gasteiger partial charge in [-0.3, -0.25) is 4.79 Å². The molecule has 0 aliphatic rings. The molecule has 0 saturated carbocycles. The molecule has 1 N–H and O–H groups in total. The first-order chi connectivity index (χ1) is 5.83. The summed E-state index contributed by atoms with van der Waals surface area (Å²) < 4.78 is 0. The van der Waals surface area contributed by atoms with Crippen LogP contribution >= 0.6 is 11.6 Å². The van der Waals surface area contributed by atoms with Gasteiger partial charge >= 0.3 is 0 Å². The lowest BCUT2D eigenvalue weighted by Crippen LogP contribution is -1.77. The fraction of sp³-hybridized carbons (Fsp3) is 0. The van der Waals surface area contributed by atoms with Crippen molar-refractivity contribution in [3.05, 3.63) is 29.0 Å². The third-order valence-electron chi connectivity index (χ3n) is 1.65. The molecule has 4 heteroatoms. The van der Waals surface area contributed by atoms with E-state index in [-0.39, 0.29) is 0 Å². The van der Waals surface area contributed by atoms with Gasteiger partial charge in [0.1, 0.15) is 5.65 Å². The van der Waals surface area contributed by atoms with Gasteiger partial charge in [0.2, 0.25) is 0 Å². The molecule has 2 heterocycles. The molecule has 0 radical (unpaired) electrons. The molecule has 12 heavy (non-hydrogen) atoms. The Kier molecular flexibility index (Phi) is 1.59. The van der Waals surface area contributed by atoms with Crippen LogP contribution in [0.15, 0.2) is 18.3 Å². The second-order valence-corrected chi connectivity index (χ2v) is 2.75. The minimum atomic E-state index is 0.380. The average Bonchev–Trinajstić information content (AvgIpc) is 2.44. The Labute approximate surface area is 73.4 Å². The van der Waals surface area contributed by atoms with Gasteiger partial charge in [-0.25, -0.2) is 4.98 Å². The lowest BCUT2D eigenvalue weighted by atomic mass is 10.3. The normalized spacial score (nSPS) is 10.4. The highest BCUT2D eigenvalue weighted by Crippen LogP contribution is 2.24. The molecule has 0 amide bonds. The van der Waals surface area contributed by atoms with Gasteiger partial charge in [0.25, 0.3) is 0 Å². The van der Waals surface area contributed by atoms with Crippen molar-refractivity contribution in [2.75, 3.05) is 0 Å². The molecule has 0 atom stereocenters. The minimum Gasteiger partial charge on any atom is -0.336 e. The van der Waals surface area contributed by atoms with E-state index in [1.165, 1.54) is 0 Å². The van der Waals surface area contributed by atoms with E-state index >= 15 is 0 Å². The first-order valence-electron chi connectivity index (χ1n) is 3.40. The summed E-state index contributed by atoms with van der Waals surface area (Å²) in [5, 5.41) is 1.22. The lowest BCUT2D eigenvalue weighted by Gasteiger charge is -1.84. The first-order valence-corrected chi connectivity index (χ1v) is 3.78. The molecule has 0 fully saturated rings. The van der Waals surface area contributed by atoms with Crippen LogP contribution in [-0.2, 0) is 0 Å². The fourth-order valence-electron chi connectivity index (χ4n) is 1.09. The Morgan fingerprint density at radius 1 is 1.58 bits per heavy atom.